The zero-order valence-corrected chi connectivity index (χ0v) is 14.0. The molecule has 8 heteroatoms. The van der Waals surface area contributed by atoms with Crippen LogP contribution < -0.4 is 14.8 Å². The van der Waals surface area contributed by atoms with Crippen molar-refractivity contribution < 1.29 is 17.9 Å². The van der Waals surface area contributed by atoms with Gasteiger partial charge < -0.3 is 10.1 Å². The summed E-state index contributed by atoms with van der Waals surface area (Å²) in [5.74, 6) is -0.0168. The highest BCUT2D eigenvalue weighted by Crippen LogP contribution is 2.28. The lowest BCUT2D eigenvalue weighted by Gasteiger charge is -2.12. The molecule has 2 aromatic rings. The van der Waals surface area contributed by atoms with Crippen LogP contribution in [0, 0.1) is 0 Å². The second kappa shape index (κ2) is 6.89. The molecule has 122 valence electrons. The summed E-state index contributed by atoms with van der Waals surface area (Å²) >= 11 is 5.78. The lowest BCUT2D eigenvalue weighted by molar-refractivity contribution is 0.102. The zero-order valence-electron chi connectivity index (χ0n) is 12.5. The molecule has 0 aliphatic rings. The number of anilines is 2. The first-order valence-corrected chi connectivity index (χ1v) is 8.78. The number of benzene rings is 2. The van der Waals surface area contributed by atoms with Crippen molar-refractivity contribution in [3.8, 4) is 5.75 Å². The van der Waals surface area contributed by atoms with Crippen LogP contribution in [0.15, 0.2) is 42.5 Å². The molecule has 0 spiro atoms. The van der Waals surface area contributed by atoms with E-state index in [0.717, 1.165) is 6.26 Å². The number of rotatable bonds is 5. The van der Waals surface area contributed by atoms with Gasteiger partial charge in [-0.15, -0.1) is 0 Å². The second-order valence-corrected chi connectivity index (χ2v) is 6.94. The van der Waals surface area contributed by atoms with Crippen LogP contribution in [0.4, 0.5) is 11.4 Å². The van der Waals surface area contributed by atoms with Gasteiger partial charge in [-0.3, -0.25) is 9.52 Å². The van der Waals surface area contributed by atoms with Gasteiger partial charge in [-0.05, 0) is 36.4 Å². The van der Waals surface area contributed by atoms with Crippen LogP contribution >= 0.6 is 11.6 Å². The van der Waals surface area contributed by atoms with Crippen molar-refractivity contribution in [2.45, 2.75) is 0 Å². The van der Waals surface area contributed by atoms with E-state index in [-0.39, 0.29) is 5.91 Å². The Morgan fingerprint density at radius 1 is 1.13 bits per heavy atom. The maximum absolute atomic E-state index is 12.1. The number of halogens is 1. The Morgan fingerprint density at radius 2 is 1.78 bits per heavy atom. The number of hydrogen-bond acceptors (Lipinski definition) is 4. The monoisotopic (exact) mass is 354 g/mol. The number of carbonyl (C=O) groups excluding carboxylic acids is 1. The third-order valence-corrected chi connectivity index (χ3v) is 3.70. The Bertz CT molecular complexity index is 820. The summed E-state index contributed by atoms with van der Waals surface area (Å²) in [4.78, 5) is 12.1. The molecule has 0 fully saturated rings. The highest BCUT2D eigenvalue weighted by atomic mass is 35.5. The lowest BCUT2D eigenvalue weighted by Crippen LogP contribution is -2.13. The largest absolute Gasteiger partial charge is 0.494 e. The van der Waals surface area contributed by atoms with E-state index in [1.54, 1.807) is 30.3 Å². The highest BCUT2D eigenvalue weighted by molar-refractivity contribution is 7.92. The summed E-state index contributed by atoms with van der Waals surface area (Å²) in [6, 6.07) is 11.1. The molecular formula is C15H15ClN2O4S. The predicted molar refractivity (Wildman–Crippen MR) is 90.9 cm³/mol. The first-order chi connectivity index (χ1) is 10.8. The van der Waals surface area contributed by atoms with Crippen molar-refractivity contribution in [3.63, 3.8) is 0 Å². The van der Waals surface area contributed by atoms with E-state index in [1.807, 2.05) is 0 Å². The number of nitrogens with one attached hydrogen (secondary N) is 2. The molecule has 1 amide bonds. The van der Waals surface area contributed by atoms with Crippen molar-refractivity contribution in [3.05, 3.63) is 53.1 Å². The second-order valence-electron chi connectivity index (χ2n) is 4.75. The van der Waals surface area contributed by atoms with E-state index in [9.17, 15) is 13.2 Å². The van der Waals surface area contributed by atoms with Gasteiger partial charge in [0.1, 0.15) is 5.75 Å². The highest BCUT2D eigenvalue weighted by Gasteiger charge is 2.11. The van der Waals surface area contributed by atoms with Gasteiger partial charge in [0.05, 0.1) is 19.1 Å². The standard InChI is InChI=1S/C15H15ClN2O4S/c1-22-14-9-12(7-8-13(14)18-23(2,20)21)17-15(19)10-3-5-11(16)6-4-10/h3-9,18H,1-2H3,(H,17,19). The Hall–Kier alpha value is -2.25. The van der Waals surface area contributed by atoms with Crippen molar-refractivity contribution in [1.29, 1.82) is 0 Å². The number of ether oxygens (including phenoxy) is 1. The van der Waals surface area contributed by atoms with Gasteiger partial charge in [-0.2, -0.15) is 0 Å². The van der Waals surface area contributed by atoms with E-state index < -0.39 is 10.0 Å². The molecule has 0 heterocycles. The molecule has 23 heavy (non-hydrogen) atoms. The fourth-order valence-corrected chi connectivity index (χ4v) is 2.55. The van der Waals surface area contributed by atoms with E-state index in [2.05, 4.69) is 10.0 Å². The minimum absolute atomic E-state index is 0.291. The minimum atomic E-state index is -3.42. The van der Waals surface area contributed by atoms with Gasteiger partial charge in [-0.25, -0.2) is 8.42 Å². The molecule has 0 unspecified atom stereocenters. The van der Waals surface area contributed by atoms with Gasteiger partial charge in [0.25, 0.3) is 5.91 Å². The maximum Gasteiger partial charge on any atom is 0.255 e. The van der Waals surface area contributed by atoms with Gasteiger partial charge >= 0.3 is 0 Å². The quantitative estimate of drug-likeness (QED) is 0.864. The number of methoxy groups -OCH3 is 1. The number of hydrogen-bond donors (Lipinski definition) is 2. The first-order valence-electron chi connectivity index (χ1n) is 6.51. The average molecular weight is 355 g/mol. The molecule has 2 N–H and O–H groups in total. The number of amides is 1. The van der Waals surface area contributed by atoms with Gasteiger partial charge in [0.15, 0.2) is 0 Å². The Kier molecular flexibility index (Phi) is 5.12. The third-order valence-electron chi connectivity index (χ3n) is 2.86. The number of sulfonamides is 1. The van der Waals surface area contributed by atoms with Crippen LogP contribution in [0.2, 0.25) is 5.02 Å². The van der Waals surface area contributed by atoms with Crippen LogP contribution in [0.25, 0.3) is 0 Å². The van der Waals surface area contributed by atoms with E-state index in [1.165, 1.54) is 19.2 Å². The van der Waals surface area contributed by atoms with Crippen LogP contribution in [0.5, 0.6) is 5.75 Å². The third kappa shape index (κ3) is 4.87. The van der Waals surface area contributed by atoms with E-state index >= 15 is 0 Å². The van der Waals surface area contributed by atoms with Crippen LogP contribution in [-0.4, -0.2) is 27.7 Å². The topological polar surface area (TPSA) is 84.5 Å². The first kappa shape index (κ1) is 17.1. The van der Waals surface area contributed by atoms with Crippen LogP contribution in [0.1, 0.15) is 10.4 Å². The average Bonchev–Trinajstić information content (AvgIpc) is 2.48. The molecule has 0 aromatic heterocycles. The number of carbonyl (C=O) groups is 1. The van der Waals surface area contributed by atoms with E-state index in [4.69, 9.17) is 16.3 Å². The fourth-order valence-electron chi connectivity index (χ4n) is 1.86. The predicted octanol–water partition coefficient (Wildman–Crippen LogP) is 2.97. The smallest absolute Gasteiger partial charge is 0.255 e. The van der Waals surface area contributed by atoms with Gasteiger partial charge in [-0.1, -0.05) is 11.6 Å². The Balaban J connectivity index is 2.20. The van der Waals surface area contributed by atoms with Crippen LogP contribution in [0.3, 0.4) is 0 Å². The Labute approximate surface area is 139 Å². The summed E-state index contributed by atoms with van der Waals surface area (Å²) in [5.41, 5.74) is 1.21. The molecule has 6 nitrogen and oxygen atoms in total. The van der Waals surface area contributed by atoms with Crippen molar-refractivity contribution in [1.82, 2.24) is 0 Å². The van der Waals surface area contributed by atoms with Crippen molar-refractivity contribution in [2.24, 2.45) is 0 Å². The minimum Gasteiger partial charge on any atom is -0.494 e. The molecule has 0 aliphatic carbocycles. The molecule has 0 radical (unpaired) electrons. The molecular weight excluding hydrogens is 340 g/mol. The van der Waals surface area contributed by atoms with Gasteiger partial charge in [0, 0.05) is 22.3 Å². The zero-order chi connectivity index (χ0) is 17.0. The summed E-state index contributed by atoms with van der Waals surface area (Å²) in [7, 11) is -2.01. The fraction of sp³-hybridized carbons (Fsp3) is 0.133. The Morgan fingerprint density at radius 3 is 2.35 bits per heavy atom. The molecule has 0 saturated heterocycles. The van der Waals surface area contributed by atoms with Crippen LogP contribution in [-0.2, 0) is 10.0 Å². The summed E-state index contributed by atoms with van der Waals surface area (Å²) < 4.78 is 30.1. The molecule has 0 saturated carbocycles. The lowest BCUT2D eigenvalue weighted by atomic mass is 10.2. The molecule has 2 aromatic carbocycles. The maximum atomic E-state index is 12.1. The van der Waals surface area contributed by atoms with Crippen molar-refractivity contribution in [2.75, 3.05) is 23.4 Å². The summed E-state index contributed by atoms with van der Waals surface area (Å²) in [6.45, 7) is 0. The summed E-state index contributed by atoms with van der Waals surface area (Å²) in [5, 5.41) is 3.24. The molecule has 2 rings (SSSR count). The van der Waals surface area contributed by atoms with E-state index in [0.29, 0.717) is 27.7 Å². The summed E-state index contributed by atoms with van der Waals surface area (Å²) in [6.07, 6.45) is 1.04. The molecule has 0 aliphatic heterocycles. The molecule has 0 bridgehead atoms. The molecule has 0 atom stereocenters. The van der Waals surface area contributed by atoms with Gasteiger partial charge in [0.2, 0.25) is 10.0 Å². The normalized spacial score (nSPS) is 10.9. The SMILES string of the molecule is COc1cc(NC(=O)c2ccc(Cl)cc2)ccc1NS(C)(=O)=O. The van der Waals surface area contributed by atoms with Crippen molar-refractivity contribution >= 4 is 38.9 Å².